The van der Waals surface area contributed by atoms with Gasteiger partial charge in [0.05, 0.1) is 0 Å². The normalized spacial score (nSPS) is 19.9. The fourth-order valence-corrected chi connectivity index (χ4v) is 1.45. The Bertz CT molecular complexity index is 329. The fourth-order valence-electron chi connectivity index (χ4n) is 1.45. The average Bonchev–Trinajstić information content (AvgIpc) is 2.50. The quantitative estimate of drug-likeness (QED) is 0.747. The van der Waals surface area contributed by atoms with Crippen LogP contribution in [0, 0.1) is 0 Å². The third kappa shape index (κ3) is 1.70. The van der Waals surface area contributed by atoms with Crippen molar-refractivity contribution in [3.8, 4) is 0 Å². The molecule has 76 valence electrons. The molecule has 2 rings (SSSR count). The molecule has 0 amide bonds. The molecule has 1 aromatic heterocycles. The summed E-state index contributed by atoms with van der Waals surface area (Å²) < 4.78 is 5.38. The summed E-state index contributed by atoms with van der Waals surface area (Å²) in [7, 11) is 0. The molecule has 0 spiro atoms. The number of hydrogen-bond donors (Lipinski definition) is 1. The Morgan fingerprint density at radius 2 is 2.29 bits per heavy atom. The Kier molecular flexibility index (Phi) is 2.63. The summed E-state index contributed by atoms with van der Waals surface area (Å²) in [5.74, 6) is 1.40. The summed E-state index contributed by atoms with van der Waals surface area (Å²) in [5.41, 5.74) is 0. The molecular formula is C10H14N2O2. The summed E-state index contributed by atoms with van der Waals surface area (Å²) in [4.78, 5) is 0. The van der Waals surface area contributed by atoms with Crippen LogP contribution in [0.15, 0.2) is 16.6 Å². The van der Waals surface area contributed by atoms with Gasteiger partial charge in [0.1, 0.15) is 6.10 Å². The number of aliphatic hydroxyl groups excluding tert-OH is 1. The monoisotopic (exact) mass is 194 g/mol. The molecule has 1 aliphatic rings. The maximum absolute atomic E-state index is 9.52. The topological polar surface area (TPSA) is 59.2 Å². The zero-order chi connectivity index (χ0) is 9.97. The Balaban J connectivity index is 2.08. The molecule has 1 heterocycles. The lowest BCUT2D eigenvalue weighted by atomic mass is 9.85. The van der Waals surface area contributed by atoms with Crippen LogP contribution in [0.3, 0.4) is 0 Å². The van der Waals surface area contributed by atoms with Crippen LogP contribution in [-0.4, -0.2) is 15.3 Å². The van der Waals surface area contributed by atoms with Gasteiger partial charge in [0.2, 0.25) is 11.8 Å². The molecule has 1 atom stereocenters. The first-order valence-corrected chi connectivity index (χ1v) is 4.95. The molecule has 0 aromatic carbocycles. The first-order valence-electron chi connectivity index (χ1n) is 4.95. The van der Waals surface area contributed by atoms with Crippen LogP contribution in [0.5, 0.6) is 0 Å². The minimum atomic E-state index is -0.763. The molecule has 0 bridgehead atoms. The van der Waals surface area contributed by atoms with Crippen LogP contribution in [0.2, 0.25) is 0 Å². The first kappa shape index (κ1) is 9.40. The number of nitrogens with zero attached hydrogens (tertiary/aromatic N) is 2. The maximum atomic E-state index is 9.52. The molecule has 4 heteroatoms. The molecule has 4 nitrogen and oxygen atoms in total. The summed E-state index contributed by atoms with van der Waals surface area (Å²) >= 11 is 0. The van der Waals surface area contributed by atoms with Gasteiger partial charge in [-0.2, -0.15) is 0 Å². The summed E-state index contributed by atoms with van der Waals surface area (Å²) in [6.45, 7) is 1.84. The van der Waals surface area contributed by atoms with Crippen molar-refractivity contribution in [3.05, 3.63) is 23.9 Å². The molecule has 14 heavy (non-hydrogen) atoms. The largest absolute Gasteiger partial charge is 0.422 e. The van der Waals surface area contributed by atoms with Crippen LogP contribution >= 0.6 is 0 Å². The van der Waals surface area contributed by atoms with Crippen LogP contribution < -0.4 is 0 Å². The minimum Gasteiger partial charge on any atom is -0.422 e. The van der Waals surface area contributed by atoms with Gasteiger partial charge >= 0.3 is 0 Å². The van der Waals surface area contributed by atoms with E-state index in [1.165, 1.54) is 6.42 Å². The Hall–Kier alpha value is -1.16. The predicted molar refractivity (Wildman–Crippen MR) is 50.7 cm³/mol. The minimum absolute atomic E-state index is 0.296. The van der Waals surface area contributed by atoms with E-state index < -0.39 is 6.10 Å². The van der Waals surface area contributed by atoms with Gasteiger partial charge in [0.15, 0.2) is 0 Å². The average molecular weight is 194 g/mol. The third-order valence-electron chi connectivity index (χ3n) is 2.54. The molecule has 1 aliphatic carbocycles. The molecular weight excluding hydrogens is 180 g/mol. The summed E-state index contributed by atoms with van der Waals surface area (Å²) in [5, 5.41) is 17.3. The Morgan fingerprint density at radius 1 is 1.50 bits per heavy atom. The van der Waals surface area contributed by atoms with Gasteiger partial charge < -0.3 is 9.52 Å². The zero-order valence-electron chi connectivity index (χ0n) is 8.18. The van der Waals surface area contributed by atoms with E-state index in [1.807, 2.05) is 6.92 Å². The first-order chi connectivity index (χ1) is 6.81. The standard InChI is InChI=1S/C10H14N2O2/c1-2-4-8(13)10-12-11-9(14-10)7-5-3-6-7/h2,4,7-8,13H,3,5-6H2,1H3/b4-2+/t8-/m1/s1. The summed E-state index contributed by atoms with van der Waals surface area (Å²) in [6, 6.07) is 0. The van der Waals surface area contributed by atoms with E-state index >= 15 is 0 Å². The van der Waals surface area contributed by atoms with E-state index in [9.17, 15) is 5.11 Å². The van der Waals surface area contributed by atoms with E-state index in [0.717, 1.165) is 12.8 Å². The maximum Gasteiger partial charge on any atom is 0.248 e. The molecule has 0 radical (unpaired) electrons. The number of aliphatic hydroxyl groups is 1. The van der Waals surface area contributed by atoms with E-state index in [2.05, 4.69) is 10.2 Å². The van der Waals surface area contributed by atoms with Crippen molar-refractivity contribution in [2.75, 3.05) is 0 Å². The van der Waals surface area contributed by atoms with E-state index in [-0.39, 0.29) is 0 Å². The van der Waals surface area contributed by atoms with Gasteiger partial charge in [-0.3, -0.25) is 0 Å². The number of aromatic nitrogens is 2. The lowest BCUT2D eigenvalue weighted by Gasteiger charge is -2.20. The Labute approximate surface area is 82.7 Å². The number of hydrogen-bond acceptors (Lipinski definition) is 4. The highest BCUT2D eigenvalue weighted by atomic mass is 16.4. The fraction of sp³-hybridized carbons (Fsp3) is 0.600. The lowest BCUT2D eigenvalue weighted by molar-refractivity contribution is 0.183. The zero-order valence-corrected chi connectivity index (χ0v) is 8.18. The van der Waals surface area contributed by atoms with Crippen molar-refractivity contribution in [1.82, 2.24) is 10.2 Å². The lowest BCUT2D eigenvalue weighted by Crippen LogP contribution is -2.08. The van der Waals surface area contributed by atoms with Crippen molar-refractivity contribution in [2.24, 2.45) is 0 Å². The van der Waals surface area contributed by atoms with E-state index in [0.29, 0.717) is 17.7 Å². The SMILES string of the molecule is C/C=C/[C@@H](O)c1nnc(C2CCC2)o1. The van der Waals surface area contributed by atoms with Gasteiger partial charge in [0, 0.05) is 5.92 Å². The molecule has 1 saturated carbocycles. The van der Waals surface area contributed by atoms with Gasteiger partial charge in [-0.1, -0.05) is 18.6 Å². The van der Waals surface area contributed by atoms with Crippen molar-refractivity contribution < 1.29 is 9.52 Å². The summed E-state index contributed by atoms with van der Waals surface area (Å²) in [6.07, 6.45) is 6.11. The van der Waals surface area contributed by atoms with E-state index in [4.69, 9.17) is 4.42 Å². The predicted octanol–water partition coefficient (Wildman–Crippen LogP) is 1.95. The molecule has 0 unspecified atom stereocenters. The van der Waals surface area contributed by atoms with Crippen molar-refractivity contribution in [3.63, 3.8) is 0 Å². The highest BCUT2D eigenvalue weighted by molar-refractivity contribution is 5.01. The molecule has 0 saturated heterocycles. The number of rotatable bonds is 3. The highest BCUT2D eigenvalue weighted by Gasteiger charge is 2.25. The van der Waals surface area contributed by atoms with Crippen molar-refractivity contribution in [1.29, 1.82) is 0 Å². The number of allylic oxidation sites excluding steroid dienone is 1. The van der Waals surface area contributed by atoms with Crippen LogP contribution in [0.1, 0.15) is 50.0 Å². The van der Waals surface area contributed by atoms with E-state index in [1.54, 1.807) is 12.2 Å². The second-order valence-electron chi connectivity index (χ2n) is 3.58. The molecule has 0 aliphatic heterocycles. The molecule has 1 aromatic rings. The second-order valence-corrected chi connectivity index (χ2v) is 3.58. The highest BCUT2D eigenvalue weighted by Crippen LogP contribution is 2.35. The van der Waals surface area contributed by atoms with Crippen LogP contribution in [0.4, 0.5) is 0 Å². The van der Waals surface area contributed by atoms with Crippen molar-refractivity contribution >= 4 is 0 Å². The van der Waals surface area contributed by atoms with Gasteiger partial charge in [-0.15, -0.1) is 10.2 Å². The van der Waals surface area contributed by atoms with Crippen LogP contribution in [-0.2, 0) is 0 Å². The third-order valence-corrected chi connectivity index (χ3v) is 2.54. The van der Waals surface area contributed by atoms with Gasteiger partial charge in [-0.05, 0) is 19.8 Å². The Morgan fingerprint density at radius 3 is 2.86 bits per heavy atom. The smallest absolute Gasteiger partial charge is 0.248 e. The molecule has 1 fully saturated rings. The molecule has 1 N–H and O–H groups in total. The van der Waals surface area contributed by atoms with Gasteiger partial charge in [-0.25, -0.2) is 0 Å². The van der Waals surface area contributed by atoms with Crippen molar-refractivity contribution in [2.45, 2.75) is 38.2 Å². The van der Waals surface area contributed by atoms with Gasteiger partial charge in [0.25, 0.3) is 0 Å². The van der Waals surface area contributed by atoms with Crippen LogP contribution in [0.25, 0.3) is 0 Å². The second kappa shape index (κ2) is 3.92.